The molecule has 0 aliphatic carbocycles. The second kappa shape index (κ2) is 8.23. The van der Waals surface area contributed by atoms with Crippen molar-refractivity contribution in [1.82, 2.24) is 10.2 Å². The second-order valence-corrected chi connectivity index (χ2v) is 4.91. The van der Waals surface area contributed by atoms with Crippen molar-refractivity contribution >= 4 is 0 Å². The molecule has 1 rings (SSSR count). The van der Waals surface area contributed by atoms with Crippen LogP contribution in [0.1, 0.15) is 31.9 Å². The van der Waals surface area contributed by atoms with Crippen LogP contribution in [0.3, 0.4) is 0 Å². The van der Waals surface area contributed by atoms with Crippen LogP contribution in [0, 0.1) is 0 Å². The molecule has 0 aliphatic rings. The summed E-state index contributed by atoms with van der Waals surface area (Å²) in [4.78, 5) is 1.71. The molecule has 19 heavy (non-hydrogen) atoms. The molecule has 0 fully saturated rings. The molecule has 0 radical (unpaired) electrons. The lowest BCUT2D eigenvalue weighted by atomic mass is 9.99. The Hall–Kier alpha value is -1.00. The van der Waals surface area contributed by atoms with Crippen LogP contribution in [0.15, 0.2) is 30.3 Å². The maximum atomic E-state index is 12.5. The maximum Gasteiger partial charge on any atom is 0.251 e. The van der Waals surface area contributed by atoms with E-state index in [9.17, 15) is 8.78 Å². The van der Waals surface area contributed by atoms with Gasteiger partial charge in [-0.2, -0.15) is 0 Å². The van der Waals surface area contributed by atoms with Gasteiger partial charge in [0.15, 0.2) is 0 Å². The average Bonchev–Trinajstić information content (AvgIpc) is 2.39. The topological polar surface area (TPSA) is 15.3 Å². The predicted octanol–water partition coefficient (Wildman–Crippen LogP) is 3.31. The summed E-state index contributed by atoms with van der Waals surface area (Å²) in [5.41, 5.74) is 1.14. The van der Waals surface area contributed by atoms with E-state index >= 15 is 0 Å². The van der Waals surface area contributed by atoms with E-state index in [1.54, 1.807) is 11.9 Å². The first-order chi connectivity index (χ1) is 9.06. The lowest BCUT2D eigenvalue weighted by Crippen LogP contribution is -2.43. The number of likely N-dealkylation sites (N-methyl/N-ethyl adjacent to an activating group) is 1. The minimum Gasteiger partial charge on any atom is -0.309 e. The summed E-state index contributed by atoms with van der Waals surface area (Å²) >= 11 is 0. The van der Waals surface area contributed by atoms with Crippen LogP contribution in [0.5, 0.6) is 0 Å². The minimum absolute atomic E-state index is 0.0166. The smallest absolute Gasteiger partial charge is 0.251 e. The van der Waals surface area contributed by atoms with Gasteiger partial charge in [-0.1, -0.05) is 37.3 Å². The third-order valence-electron chi connectivity index (χ3n) is 3.38. The van der Waals surface area contributed by atoms with Gasteiger partial charge in [-0.3, -0.25) is 4.90 Å². The highest BCUT2D eigenvalue weighted by Gasteiger charge is 2.23. The molecule has 108 valence electrons. The van der Waals surface area contributed by atoms with Crippen molar-refractivity contribution in [2.45, 2.75) is 38.8 Å². The molecule has 0 aliphatic heterocycles. The highest BCUT2D eigenvalue weighted by Crippen LogP contribution is 2.20. The van der Waals surface area contributed by atoms with E-state index in [1.807, 2.05) is 37.3 Å². The van der Waals surface area contributed by atoms with Gasteiger partial charge >= 0.3 is 0 Å². The fraction of sp³-hybridized carbons (Fsp3) is 0.600. The molecule has 0 saturated carbocycles. The van der Waals surface area contributed by atoms with Crippen molar-refractivity contribution in [2.75, 3.05) is 20.1 Å². The zero-order valence-electron chi connectivity index (χ0n) is 11.9. The third kappa shape index (κ3) is 5.25. The maximum absolute atomic E-state index is 12.5. The molecule has 0 spiro atoms. The number of nitrogens with one attached hydrogen (secondary N) is 1. The van der Waals surface area contributed by atoms with E-state index < -0.39 is 6.43 Å². The lowest BCUT2D eigenvalue weighted by Gasteiger charge is -2.33. The van der Waals surface area contributed by atoms with Gasteiger partial charge in [-0.25, -0.2) is 8.78 Å². The fourth-order valence-corrected chi connectivity index (χ4v) is 2.17. The first-order valence-corrected chi connectivity index (χ1v) is 6.83. The molecule has 0 aromatic heterocycles. The predicted molar refractivity (Wildman–Crippen MR) is 75.6 cm³/mol. The zero-order valence-corrected chi connectivity index (χ0v) is 11.9. The lowest BCUT2D eigenvalue weighted by molar-refractivity contribution is 0.0747. The van der Waals surface area contributed by atoms with Crippen molar-refractivity contribution in [3.05, 3.63) is 35.9 Å². The molecule has 0 heterocycles. The number of rotatable bonds is 8. The van der Waals surface area contributed by atoms with Gasteiger partial charge in [0.1, 0.15) is 0 Å². The molecule has 1 N–H and O–H groups in total. The van der Waals surface area contributed by atoms with E-state index in [0.717, 1.165) is 18.5 Å². The molecule has 1 aromatic carbocycles. The summed E-state index contributed by atoms with van der Waals surface area (Å²) in [7, 11) is 1.75. The van der Waals surface area contributed by atoms with Crippen LogP contribution in [0.25, 0.3) is 0 Å². The average molecular weight is 270 g/mol. The van der Waals surface area contributed by atoms with E-state index in [4.69, 9.17) is 0 Å². The summed E-state index contributed by atoms with van der Waals surface area (Å²) in [6.45, 7) is 4.77. The molecule has 1 aromatic rings. The van der Waals surface area contributed by atoms with Crippen molar-refractivity contribution in [2.24, 2.45) is 0 Å². The van der Waals surface area contributed by atoms with E-state index in [0.29, 0.717) is 0 Å². The van der Waals surface area contributed by atoms with Gasteiger partial charge in [0, 0.05) is 12.1 Å². The first-order valence-electron chi connectivity index (χ1n) is 6.83. The van der Waals surface area contributed by atoms with Crippen LogP contribution in [-0.2, 0) is 0 Å². The number of alkyl halides is 2. The van der Waals surface area contributed by atoms with Gasteiger partial charge in [-0.15, -0.1) is 0 Å². The Morgan fingerprint density at radius 1 is 1.21 bits per heavy atom. The van der Waals surface area contributed by atoms with E-state index in [-0.39, 0.29) is 18.6 Å². The Morgan fingerprint density at radius 2 is 1.84 bits per heavy atom. The Labute approximate surface area is 114 Å². The molecule has 2 atom stereocenters. The first kappa shape index (κ1) is 16.1. The van der Waals surface area contributed by atoms with Gasteiger partial charge in [0.25, 0.3) is 6.43 Å². The van der Waals surface area contributed by atoms with Crippen molar-refractivity contribution in [3.8, 4) is 0 Å². The molecular formula is C15H24F2N2. The minimum atomic E-state index is -2.30. The van der Waals surface area contributed by atoms with Crippen LogP contribution in [0.2, 0.25) is 0 Å². The number of nitrogens with zero attached hydrogens (tertiary/aromatic N) is 1. The number of halogens is 2. The van der Waals surface area contributed by atoms with Gasteiger partial charge in [0.2, 0.25) is 0 Å². The monoisotopic (exact) mass is 270 g/mol. The number of benzene rings is 1. The largest absolute Gasteiger partial charge is 0.309 e. The Bertz CT molecular complexity index is 343. The second-order valence-electron chi connectivity index (χ2n) is 4.91. The highest BCUT2D eigenvalue weighted by atomic mass is 19.3. The van der Waals surface area contributed by atoms with Crippen molar-refractivity contribution < 1.29 is 8.78 Å². The number of hydrogen-bond donors (Lipinski definition) is 1. The van der Waals surface area contributed by atoms with Crippen LogP contribution >= 0.6 is 0 Å². The van der Waals surface area contributed by atoms with E-state index in [2.05, 4.69) is 12.2 Å². The zero-order chi connectivity index (χ0) is 14.3. The Balaban J connectivity index is 2.78. The summed E-state index contributed by atoms with van der Waals surface area (Å²) in [6, 6.07) is 10.1. The molecule has 2 nitrogen and oxygen atoms in total. The molecule has 0 amide bonds. The SMILES string of the molecule is CCCNC(c1ccccc1)C(C)N(C)CC(F)F. The highest BCUT2D eigenvalue weighted by molar-refractivity contribution is 5.20. The Kier molecular flexibility index (Phi) is 6.95. The van der Waals surface area contributed by atoms with Crippen molar-refractivity contribution in [3.63, 3.8) is 0 Å². The molecule has 0 saturated heterocycles. The summed E-state index contributed by atoms with van der Waals surface area (Å²) in [6.07, 6.45) is -1.27. The third-order valence-corrected chi connectivity index (χ3v) is 3.38. The molecule has 0 bridgehead atoms. The normalized spacial score (nSPS) is 14.9. The van der Waals surface area contributed by atoms with Gasteiger partial charge < -0.3 is 5.32 Å². The summed E-state index contributed by atoms with van der Waals surface area (Å²) < 4.78 is 25.0. The molecule has 2 unspecified atom stereocenters. The van der Waals surface area contributed by atoms with Gasteiger partial charge in [-0.05, 0) is 32.5 Å². The molecular weight excluding hydrogens is 246 g/mol. The van der Waals surface area contributed by atoms with Crippen LogP contribution in [-0.4, -0.2) is 37.5 Å². The Morgan fingerprint density at radius 3 is 2.37 bits per heavy atom. The fourth-order valence-electron chi connectivity index (χ4n) is 2.17. The van der Waals surface area contributed by atoms with Gasteiger partial charge in [0.05, 0.1) is 6.54 Å². The van der Waals surface area contributed by atoms with Crippen molar-refractivity contribution in [1.29, 1.82) is 0 Å². The van der Waals surface area contributed by atoms with Crippen LogP contribution in [0.4, 0.5) is 8.78 Å². The van der Waals surface area contributed by atoms with Crippen LogP contribution < -0.4 is 5.32 Å². The summed E-state index contributed by atoms with van der Waals surface area (Å²) in [5.74, 6) is 0. The quantitative estimate of drug-likeness (QED) is 0.779. The summed E-state index contributed by atoms with van der Waals surface area (Å²) in [5, 5.41) is 3.45. The standard InChI is InChI=1S/C15H24F2N2/c1-4-10-18-15(13-8-6-5-7-9-13)12(2)19(3)11-14(16)17/h5-9,12,14-15,18H,4,10-11H2,1-3H3. The molecule has 4 heteroatoms. The van der Waals surface area contributed by atoms with E-state index in [1.165, 1.54) is 0 Å². The number of hydrogen-bond acceptors (Lipinski definition) is 2.